The maximum absolute atomic E-state index is 11.8. The number of aliphatic carboxylic acids is 1. The Morgan fingerprint density at radius 3 is 2.42 bits per heavy atom. The maximum Gasteiger partial charge on any atom is 0.327 e. The number of amides is 1. The lowest BCUT2D eigenvalue weighted by Crippen LogP contribution is -2.41. The van der Waals surface area contributed by atoms with Crippen LogP contribution in [0.4, 0.5) is 0 Å². The molecule has 0 fully saturated rings. The topological polar surface area (TPSA) is 83.5 Å². The molecule has 0 spiro atoms. The second-order valence-corrected chi connectivity index (χ2v) is 4.93. The molecule has 0 aliphatic carbocycles. The predicted molar refractivity (Wildman–Crippen MR) is 73.3 cm³/mol. The van der Waals surface area contributed by atoms with Gasteiger partial charge in [-0.25, -0.2) is 4.79 Å². The van der Waals surface area contributed by atoms with Gasteiger partial charge in [0.2, 0.25) is 5.91 Å². The second kappa shape index (κ2) is 7.58. The lowest BCUT2D eigenvalue weighted by atomic mass is 10.2. The van der Waals surface area contributed by atoms with E-state index in [1.165, 1.54) is 18.7 Å². The fourth-order valence-corrected chi connectivity index (χ4v) is 2.33. The molecule has 5 nitrogen and oxygen atoms in total. The number of hydrogen-bond donors (Lipinski definition) is 2. The number of carboxylic acids is 1. The molecule has 2 N–H and O–H groups in total. The minimum atomic E-state index is -1.10. The van der Waals surface area contributed by atoms with Gasteiger partial charge >= 0.3 is 5.97 Å². The van der Waals surface area contributed by atoms with Crippen LogP contribution in [0.25, 0.3) is 0 Å². The number of hydrogen-bond acceptors (Lipinski definition) is 4. The third-order valence-corrected chi connectivity index (χ3v) is 3.32. The average Bonchev–Trinajstić information content (AvgIpc) is 2.37. The highest BCUT2D eigenvalue weighted by atomic mass is 32.2. The van der Waals surface area contributed by atoms with Gasteiger partial charge in [-0.1, -0.05) is 30.3 Å². The summed E-state index contributed by atoms with van der Waals surface area (Å²) in [5.41, 5.74) is 0.599. The molecule has 1 unspecified atom stereocenters. The average molecular weight is 281 g/mol. The summed E-state index contributed by atoms with van der Waals surface area (Å²) >= 11 is 1.19. The number of ketones is 1. The first-order valence-electron chi connectivity index (χ1n) is 5.66. The van der Waals surface area contributed by atoms with Crippen molar-refractivity contribution in [2.24, 2.45) is 0 Å². The Hall–Kier alpha value is -1.82. The van der Waals surface area contributed by atoms with Gasteiger partial charge in [-0.15, -0.1) is 0 Å². The summed E-state index contributed by atoms with van der Waals surface area (Å²) < 4.78 is 0. The van der Waals surface area contributed by atoms with Crippen molar-refractivity contribution in [3.63, 3.8) is 0 Å². The Balaban J connectivity index is 2.42. The lowest BCUT2D eigenvalue weighted by molar-refractivity contribution is -0.140. The lowest BCUT2D eigenvalue weighted by Gasteiger charge is -2.12. The van der Waals surface area contributed by atoms with Gasteiger partial charge in [-0.05, 0) is 0 Å². The summed E-state index contributed by atoms with van der Waals surface area (Å²) in [6.07, 6.45) is 0. The molecular formula is C13H15NO4S. The van der Waals surface area contributed by atoms with Crippen LogP contribution in [0.3, 0.4) is 0 Å². The standard InChI is InChI=1S/C13H15NO4S/c1-9(15)14-11(13(17)18)7-19-8-12(16)10-5-3-2-4-6-10/h2-6,11H,7-8H2,1H3,(H,14,15)(H,17,18). The zero-order valence-corrected chi connectivity index (χ0v) is 11.3. The number of Topliss-reactive ketones (excluding diaryl/α,β-unsaturated/α-hetero) is 1. The van der Waals surface area contributed by atoms with E-state index in [9.17, 15) is 14.4 Å². The third-order valence-electron chi connectivity index (χ3n) is 2.29. The van der Waals surface area contributed by atoms with Crippen LogP contribution in [-0.2, 0) is 9.59 Å². The van der Waals surface area contributed by atoms with Crippen LogP contribution in [-0.4, -0.2) is 40.3 Å². The van der Waals surface area contributed by atoms with Gasteiger partial charge in [-0.3, -0.25) is 9.59 Å². The van der Waals surface area contributed by atoms with E-state index in [0.29, 0.717) is 5.56 Å². The molecule has 19 heavy (non-hydrogen) atoms. The smallest absolute Gasteiger partial charge is 0.327 e. The second-order valence-electron chi connectivity index (χ2n) is 3.90. The van der Waals surface area contributed by atoms with Crippen molar-refractivity contribution < 1.29 is 19.5 Å². The van der Waals surface area contributed by atoms with Crippen LogP contribution >= 0.6 is 11.8 Å². The van der Waals surface area contributed by atoms with Crippen molar-refractivity contribution >= 4 is 29.4 Å². The Kier molecular flexibility index (Phi) is 6.08. The van der Waals surface area contributed by atoms with Crippen LogP contribution in [0.1, 0.15) is 17.3 Å². The molecule has 0 bridgehead atoms. The summed E-state index contributed by atoms with van der Waals surface area (Å²) in [5.74, 6) is -1.21. The molecule has 0 radical (unpaired) electrons. The Bertz CT molecular complexity index is 461. The van der Waals surface area contributed by atoms with E-state index in [1.54, 1.807) is 24.3 Å². The van der Waals surface area contributed by atoms with E-state index in [1.807, 2.05) is 6.07 Å². The SMILES string of the molecule is CC(=O)NC(CSCC(=O)c1ccccc1)C(=O)O. The van der Waals surface area contributed by atoms with Gasteiger partial charge in [0.15, 0.2) is 5.78 Å². The number of thioether (sulfide) groups is 1. The Morgan fingerprint density at radius 2 is 1.89 bits per heavy atom. The fourth-order valence-electron chi connectivity index (χ4n) is 1.40. The van der Waals surface area contributed by atoms with Crippen molar-refractivity contribution in [3.05, 3.63) is 35.9 Å². The molecule has 1 aromatic rings. The first-order valence-corrected chi connectivity index (χ1v) is 6.82. The molecule has 1 rings (SSSR count). The summed E-state index contributed by atoms with van der Waals surface area (Å²) in [4.78, 5) is 33.5. The third kappa shape index (κ3) is 5.56. The molecule has 102 valence electrons. The molecule has 0 aliphatic rings. The maximum atomic E-state index is 11.8. The van der Waals surface area contributed by atoms with Gasteiger partial charge in [0.1, 0.15) is 6.04 Å². The van der Waals surface area contributed by atoms with Gasteiger partial charge < -0.3 is 10.4 Å². The van der Waals surface area contributed by atoms with Crippen molar-refractivity contribution in [2.45, 2.75) is 13.0 Å². The molecule has 0 aromatic heterocycles. The quantitative estimate of drug-likeness (QED) is 0.734. The van der Waals surface area contributed by atoms with E-state index < -0.39 is 17.9 Å². The number of carbonyl (C=O) groups excluding carboxylic acids is 2. The van der Waals surface area contributed by atoms with Crippen LogP contribution in [0, 0.1) is 0 Å². The zero-order valence-electron chi connectivity index (χ0n) is 10.5. The highest BCUT2D eigenvalue weighted by Gasteiger charge is 2.18. The summed E-state index contributed by atoms with van der Waals surface area (Å²) in [7, 11) is 0. The molecule has 0 saturated carbocycles. The largest absolute Gasteiger partial charge is 0.480 e. The fraction of sp³-hybridized carbons (Fsp3) is 0.308. The van der Waals surface area contributed by atoms with Crippen LogP contribution in [0.2, 0.25) is 0 Å². The predicted octanol–water partition coefficient (Wildman–Crippen LogP) is 1.19. The summed E-state index contributed by atoms with van der Waals surface area (Å²) in [6.45, 7) is 1.26. The molecular weight excluding hydrogens is 266 g/mol. The van der Waals surface area contributed by atoms with E-state index in [2.05, 4.69) is 5.32 Å². The molecule has 0 aliphatic heterocycles. The Labute approximate surface area is 115 Å². The molecule has 0 saturated heterocycles. The van der Waals surface area contributed by atoms with Gasteiger partial charge in [0, 0.05) is 18.2 Å². The van der Waals surface area contributed by atoms with Crippen LogP contribution < -0.4 is 5.32 Å². The van der Waals surface area contributed by atoms with E-state index in [4.69, 9.17) is 5.11 Å². The van der Waals surface area contributed by atoms with E-state index in [0.717, 1.165) is 0 Å². The minimum Gasteiger partial charge on any atom is -0.480 e. The summed E-state index contributed by atoms with van der Waals surface area (Å²) in [6, 6.07) is 7.83. The van der Waals surface area contributed by atoms with Crippen molar-refractivity contribution in [2.75, 3.05) is 11.5 Å². The minimum absolute atomic E-state index is 0.0578. The monoisotopic (exact) mass is 281 g/mol. The van der Waals surface area contributed by atoms with Crippen LogP contribution in [0.15, 0.2) is 30.3 Å². The van der Waals surface area contributed by atoms with Gasteiger partial charge in [0.25, 0.3) is 0 Å². The van der Waals surface area contributed by atoms with Gasteiger partial charge in [0.05, 0.1) is 5.75 Å². The normalized spacial score (nSPS) is 11.6. The molecule has 1 amide bonds. The van der Waals surface area contributed by atoms with Crippen molar-refractivity contribution in [1.29, 1.82) is 0 Å². The van der Waals surface area contributed by atoms with Crippen molar-refractivity contribution in [3.8, 4) is 0 Å². The molecule has 1 aromatic carbocycles. The summed E-state index contributed by atoms with van der Waals surface area (Å²) in [5, 5.41) is 11.2. The number of rotatable bonds is 7. The Morgan fingerprint density at radius 1 is 1.26 bits per heavy atom. The first-order chi connectivity index (χ1) is 9.00. The number of carboxylic acid groups (broad SMARTS) is 1. The zero-order chi connectivity index (χ0) is 14.3. The molecule has 6 heteroatoms. The van der Waals surface area contributed by atoms with Crippen LogP contribution in [0.5, 0.6) is 0 Å². The highest BCUT2D eigenvalue weighted by Crippen LogP contribution is 2.09. The van der Waals surface area contributed by atoms with E-state index in [-0.39, 0.29) is 17.3 Å². The van der Waals surface area contributed by atoms with Crippen molar-refractivity contribution in [1.82, 2.24) is 5.32 Å². The molecule has 0 heterocycles. The number of carbonyl (C=O) groups is 3. The molecule has 1 atom stereocenters. The number of nitrogens with one attached hydrogen (secondary N) is 1. The van der Waals surface area contributed by atoms with E-state index >= 15 is 0 Å². The highest BCUT2D eigenvalue weighted by molar-refractivity contribution is 8.00. The number of benzene rings is 1. The first kappa shape index (κ1) is 15.2. The van der Waals surface area contributed by atoms with Gasteiger partial charge in [-0.2, -0.15) is 11.8 Å².